The third kappa shape index (κ3) is 3.50. The standard InChI is InChI=1S/C22H21N3O4S/c1-4-28-17-9-14(6-8-16(17)29-11-19(23)26)10-18-21(27)25-15-7-5-12(2)13(3)20(15)24-22(25)30-18/h5-10H,4,11H2,1-3H3,(H2,23,26)/b18-10-. The van der Waals surface area contributed by atoms with Gasteiger partial charge in [-0.3, -0.25) is 9.59 Å². The van der Waals surface area contributed by atoms with Crippen LogP contribution in [-0.4, -0.2) is 28.5 Å². The summed E-state index contributed by atoms with van der Waals surface area (Å²) < 4.78 is 13.2. The number of imidazole rings is 1. The molecule has 7 nitrogen and oxygen atoms in total. The Morgan fingerprint density at radius 1 is 1.20 bits per heavy atom. The molecule has 0 bridgehead atoms. The number of rotatable bonds is 6. The zero-order chi connectivity index (χ0) is 21.4. The first kappa shape index (κ1) is 19.9. The molecule has 0 aliphatic rings. The van der Waals surface area contributed by atoms with Gasteiger partial charge in [-0.05, 0) is 61.7 Å². The van der Waals surface area contributed by atoms with Crippen molar-refractivity contribution in [2.24, 2.45) is 5.73 Å². The molecule has 0 atom stereocenters. The highest BCUT2D eigenvalue weighted by Crippen LogP contribution is 2.29. The molecule has 0 saturated heterocycles. The Morgan fingerprint density at radius 3 is 2.73 bits per heavy atom. The number of hydrogen-bond donors (Lipinski definition) is 1. The Labute approximate surface area is 176 Å². The van der Waals surface area contributed by atoms with Gasteiger partial charge in [0.25, 0.3) is 11.5 Å². The van der Waals surface area contributed by atoms with E-state index in [4.69, 9.17) is 15.2 Å². The van der Waals surface area contributed by atoms with E-state index in [1.54, 1.807) is 28.7 Å². The van der Waals surface area contributed by atoms with Gasteiger partial charge in [-0.2, -0.15) is 0 Å². The third-order valence-electron chi connectivity index (χ3n) is 4.87. The van der Waals surface area contributed by atoms with Crippen molar-refractivity contribution in [1.82, 2.24) is 9.38 Å². The molecule has 2 N–H and O–H groups in total. The number of aromatic nitrogens is 2. The molecule has 4 aromatic rings. The molecule has 8 heteroatoms. The Bertz CT molecular complexity index is 1390. The van der Waals surface area contributed by atoms with Crippen LogP contribution in [0.3, 0.4) is 0 Å². The highest BCUT2D eigenvalue weighted by molar-refractivity contribution is 7.15. The Hall–Kier alpha value is -3.39. The molecule has 0 radical (unpaired) electrons. The highest BCUT2D eigenvalue weighted by Gasteiger charge is 2.14. The van der Waals surface area contributed by atoms with Gasteiger partial charge in [-0.15, -0.1) is 0 Å². The van der Waals surface area contributed by atoms with Crippen LogP contribution in [0, 0.1) is 13.8 Å². The van der Waals surface area contributed by atoms with Crippen LogP contribution in [0.1, 0.15) is 23.6 Å². The molecular weight excluding hydrogens is 402 g/mol. The summed E-state index contributed by atoms with van der Waals surface area (Å²) in [7, 11) is 0. The lowest BCUT2D eigenvalue weighted by Crippen LogP contribution is -2.22. The molecule has 2 aromatic carbocycles. The first-order valence-corrected chi connectivity index (χ1v) is 10.3. The zero-order valence-electron chi connectivity index (χ0n) is 16.9. The molecule has 1 amide bonds. The molecule has 0 aliphatic heterocycles. The third-order valence-corrected chi connectivity index (χ3v) is 5.84. The second-order valence-corrected chi connectivity index (χ2v) is 7.92. The monoisotopic (exact) mass is 423 g/mol. The van der Waals surface area contributed by atoms with Gasteiger partial charge in [0.15, 0.2) is 23.1 Å². The lowest BCUT2D eigenvalue weighted by molar-refractivity contribution is -0.119. The summed E-state index contributed by atoms with van der Waals surface area (Å²) in [6, 6.07) is 9.21. The number of benzene rings is 2. The maximum absolute atomic E-state index is 13.1. The quantitative estimate of drug-likeness (QED) is 0.514. The number of hydrogen-bond acceptors (Lipinski definition) is 6. The summed E-state index contributed by atoms with van der Waals surface area (Å²) in [4.78, 5) is 29.4. The van der Waals surface area contributed by atoms with E-state index in [-0.39, 0.29) is 12.2 Å². The molecule has 2 heterocycles. The van der Waals surface area contributed by atoms with Gasteiger partial charge >= 0.3 is 0 Å². The van der Waals surface area contributed by atoms with Crippen molar-refractivity contribution in [3.63, 3.8) is 0 Å². The first-order valence-electron chi connectivity index (χ1n) is 9.50. The van der Waals surface area contributed by atoms with Crippen LogP contribution in [0.25, 0.3) is 22.1 Å². The number of thiazole rings is 1. The van der Waals surface area contributed by atoms with Crippen molar-refractivity contribution in [1.29, 1.82) is 0 Å². The number of carbonyl (C=O) groups excluding carboxylic acids is 1. The van der Waals surface area contributed by atoms with E-state index in [0.29, 0.717) is 27.6 Å². The molecule has 0 saturated carbocycles. The van der Waals surface area contributed by atoms with Gasteiger partial charge in [-0.1, -0.05) is 23.5 Å². The van der Waals surface area contributed by atoms with E-state index in [1.165, 1.54) is 11.3 Å². The summed E-state index contributed by atoms with van der Waals surface area (Å²) in [5.74, 6) is 0.342. The molecule has 0 aliphatic carbocycles. The first-order chi connectivity index (χ1) is 14.4. The minimum Gasteiger partial charge on any atom is -0.490 e. The summed E-state index contributed by atoms with van der Waals surface area (Å²) in [6.07, 6.45) is 1.80. The molecule has 0 spiro atoms. The number of amides is 1. The normalized spacial score (nSPS) is 12.0. The van der Waals surface area contributed by atoms with Crippen LogP contribution >= 0.6 is 11.3 Å². The van der Waals surface area contributed by atoms with Crippen LogP contribution in [0.5, 0.6) is 11.5 Å². The van der Waals surface area contributed by atoms with Crippen LogP contribution in [-0.2, 0) is 4.79 Å². The van der Waals surface area contributed by atoms with Crippen molar-refractivity contribution < 1.29 is 14.3 Å². The minimum absolute atomic E-state index is 0.104. The predicted molar refractivity (Wildman–Crippen MR) is 117 cm³/mol. The smallest absolute Gasteiger partial charge is 0.274 e. The average Bonchev–Trinajstić information content (AvgIpc) is 3.21. The fraction of sp³-hybridized carbons (Fsp3) is 0.227. The van der Waals surface area contributed by atoms with E-state index in [9.17, 15) is 9.59 Å². The van der Waals surface area contributed by atoms with Crippen LogP contribution in [0.15, 0.2) is 35.1 Å². The predicted octanol–water partition coefficient (Wildman–Crippen LogP) is 2.34. The van der Waals surface area contributed by atoms with Gasteiger partial charge in [0, 0.05) is 0 Å². The molecule has 154 valence electrons. The molecule has 4 rings (SSSR count). The molecular formula is C22H21N3O4S. The summed E-state index contributed by atoms with van der Waals surface area (Å²) in [5.41, 5.74) is 9.73. The largest absolute Gasteiger partial charge is 0.490 e. The summed E-state index contributed by atoms with van der Waals surface area (Å²) in [5, 5.41) is 0. The van der Waals surface area contributed by atoms with E-state index < -0.39 is 5.91 Å². The fourth-order valence-corrected chi connectivity index (χ4v) is 4.25. The van der Waals surface area contributed by atoms with Crippen molar-refractivity contribution >= 4 is 39.3 Å². The van der Waals surface area contributed by atoms with E-state index in [1.807, 2.05) is 32.9 Å². The number of nitrogens with two attached hydrogens (primary N) is 1. The van der Waals surface area contributed by atoms with Gasteiger partial charge in [0.2, 0.25) is 0 Å². The Balaban J connectivity index is 1.80. The summed E-state index contributed by atoms with van der Waals surface area (Å²) in [6.45, 7) is 6.10. The minimum atomic E-state index is -0.566. The highest BCUT2D eigenvalue weighted by atomic mass is 32.1. The molecule has 30 heavy (non-hydrogen) atoms. The topological polar surface area (TPSA) is 95.9 Å². The molecule has 0 fully saturated rings. The second kappa shape index (κ2) is 7.79. The number of aryl methyl sites for hydroxylation is 2. The van der Waals surface area contributed by atoms with Gasteiger partial charge in [0.1, 0.15) is 0 Å². The van der Waals surface area contributed by atoms with Crippen LogP contribution < -0.4 is 25.3 Å². The Kier molecular flexibility index (Phi) is 5.17. The zero-order valence-corrected chi connectivity index (χ0v) is 17.7. The number of ether oxygens (including phenoxy) is 2. The van der Waals surface area contributed by atoms with Crippen LogP contribution in [0.4, 0.5) is 0 Å². The van der Waals surface area contributed by atoms with Crippen molar-refractivity contribution in [2.75, 3.05) is 13.2 Å². The number of carbonyl (C=O) groups is 1. The van der Waals surface area contributed by atoms with Crippen LogP contribution in [0.2, 0.25) is 0 Å². The van der Waals surface area contributed by atoms with Crippen molar-refractivity contribution in [2.45, 2.75) is 20.8 Å². The lowest BCUT2D eigenvalue weighted by atomic mass is 10.1. The SMILES string of the molecule is CCOc1cc(/C=c2\sc3nc4c(C)c(C)ccc4n3c2=O)ccc1OCC(N)=O. The van der Waals surface area contributed by atoms with Gasteiger partial charge in [-0.25, -0.2) is 9.38 Å². The molecule has 2 aromatic heterocycles. The van der Waals surface area contributed by atoms with Crippen molar-refractivity contribution in [3.8, 4) is 11.5 Å². The summed E-state index contributed by atoms with van der Waals surface area (Å²) >= 11 is 1.35. The van der Waals surface area contributed by atoms with E-state index in [2.05, 4.69) is 4.98 Å². The van der Waals surface area contributed by atoms with E-state index in [0.717, 1.165) is 27.7 Å². The average molecular weight is 423 g/mol. The van der Waals surface area contributed by atoms with Crippen molar-refractivity contribution in [3.05, 3.63) is 61.9 Å². The lowest BCUT2D eigenvalue weighted by Gasteiger charge is -2.11. The maximum atomic E-state index is 13.1. The van der Waals surface area contributed by atoms with Gasteiger partial charge < -0.3 is 15.2 Å². The number of primary amides is 1. The maximum Gasteiger partial charge on any atom is 0.274 e. The van der Waals surface area contributed by atoms with Gasteiger partial charge in [0.05, 0.1) is 22.2 Å². The number of fused-ring (bicyclic) bond motifs is 3. The number of nitrogens with zero attached hydrogens (tertiary/aromatic N) is 2. The fourth-order valence-electron chi connectivity index (χ4n) is 3.27. The molecule has 0 unspecified atom stereocenters. The Morgan fingerprint density at radius 2 is 2.00 bits per heavy atom. The van der Waals surface area contributed by atoms with E-state index >= 15 is 0 Å². The second-order valence-electron chi connectivity index (χ2n) is 6.91.